The Hall–Kier alpha value is -2.12. The monoisotopic (exact) mass is 407 g/mol. The fraction of sp³-hybridized carbons (Fsp3) is 0.550. The molecule has 0 radical (unpaired) electrons. The minimum absolute atomic E-state index is 0.0830. The molecule has 0 bridgehead atoms. The Morgan fingerprint density at radius 2 is 2.04 bits per heavy atom. The molecule has 1 N–H and O–H groups in total. The van der Waals surface area contributed by atoms with Gasteiger partial charge < -0.3 is 15.0 Å². The fourth-order valence-corrected chi connectivity index (χ4v) is 3.98. The number of hydrogen-bond acceptors (Lipinski definition) is 4. The first-order chi connectivity index (χ1) is 13.4. The van der Waals surface area contributed by atoms with Gasteiger partial charge in [-0.2, -0.15) is 0 Å². The van der Waals surface area contributed by atoms with Crippen LogP contribution in [-0.2, 0) is 19.7 Å². The van der Waals surface area contributed by atoms with Gasteiger partial charge in [-0.25, -0.2) is 4.79 Å². The molecule has 8 heteroatoms. The first-order valence-corrected chi connectivity index (χ1v) is 9.95. The van der Waals surface area contributed by atoms with Crippen LogP contribution < -0.4 is 5.32 Å². The number of imide groups is 1. The molecular formula is C20H26ClN3O4. The van der Waals surface area contributed by atoms with Crippen molar-refractivity contribution in [2.75, 3.05) is 39.9 Å². The second-order valence-corrected chi connectivity index (χ2v) is 7.90. The normalized spacial score (nSPS) is 19.2. The Bertz CT molecular complexity index is 749. The maximum atomic E-state index is 12.4. The molecule has 3 rings (SSSR count). The van der Waals surface area contributed by atoms with Gasteiger partial charge in [0.1, 0.15) is 6.54 Å². The highest BCUT2D eigenvalue weighted by Crippen LogP contribution is 2.35. The highest BCUT2D eigenvalue weighted by molar-refractivity contribution is 6.30. The summed E-state index contributed by atoms with van der Waals surface area (Å²) in [5.74, 6) is -0.296. The number of benzene rings is 1. The zero-order valence-electron chi connectivity index (χ0n) is 16.1. The van der Waals surface area contributed by atoms with Gasteiger partial charge in [-0.05, 0) is 37.0 Å². The minimum atomic E-state index is -0.299. The molecular weight excluding hydrogens is 382 g/mol. The second-order valence-electron chi connectivity index (χ2n) is 7.47. The third kappa shape index (κ3) is 4.64. The number of carbonyl (C=O) groups excluding carboxylic acids is 3. The number of carbonyl (C=O) groups is 3. The van der Waals surface area contributed by atoms with Crippen molar-refractivity contribution in [3.05, 3.63) is 34.9 Å². The number of urea groups is 1. The van der Waals surface area contributed by atoms with E-state index in [-0.39, 0.29) is 42.8 Å². The van der Waals surface area contributed by atoms with Crippen molar-refractivity contribution >= 4 is 29.4 Å². The number of halogens is 1. The largest absolute Gasteiger partial charge is 0.381 e. The van der Waals surface area contributed by atoms with Gasteiger partial charge in [-0.15, -0.1) is 0 Å². The van der Waals surface area contributed by atoms with Gasteiger partial charge in [0, 0.05) is 50.2 Å². The van der Waals surface area contributed by atoms with Crippen LogP contribution in [0.1, 0.15) is 31.2 Å². The summed E-state index contributed by atoms with van der Waals surface area (Å²) in [4.78, 5) is 38.6. The highest BCUT2D eigenvalue weighted by atomic mass is 35.5. The molecule has 0 unspecified atom stereocenters. The Kier molecular flexibility index (Phi) is 6.57. The number of rotatable bonds is 7. The molecule has 1 aromatic rings. The van der Waals surface area contributed by atoms with Crippen molar-refractivity contribution in [2.45, 2.75) is 31.1 Å². The zero-order valence-corrected chi connectivity index (χ0v) is 16.8. The van der Waals surface area contributed by atoms with Crippen molar-refractivity contribution < 1.29 is 19.1 Å². The van der Waals surface area contributed by atoms with Gasteiger partial charge in [0.15, 0.2) is 0 Å². The van der Waals surface area contributed by atoms with E-state index in [1.807, 2.05) is 24.3 Å². The maximum Gasteiger partial charge on any atom is 0.326 e. The van der Waals surface area contributed by atoms with E-state index in [0.717, 1.165) is 18.4 Å². The molecule has 2 heterocycles. The molecule has 1 aromatic carbocycles. The second kappa shape index (κ2) is 8.92. The predicted octanol–water partition coefficient (Wildman–Crippen LogP) is 2.18. The predicted molar refractivity (Wildman–Crippen MR) is 105 cm³/mol. The van der Waals surface area contributed by atoms with E-state index < -0.39 is 0 Å². The Labute approximate surface area is 169 Å². The standard InChI is InChI=1S/C20H26ClN3O4/c1-23-13-18(26)24(19(23)27)9-3-6-17(25)22-14-20(7-10-28-11-8-20)15-4-2-5-16(21)12-15/h2,4-5,12H,3,6-11,13-14H2,1H3,(H,22,25). The summed E-state index contributed by atoms with van der Waals surface area (Å²) in [6, 6.07) is 7.48. The van der Waals surface area contributed by atoms with Crippen molar-refractivity contribution in [2.24, 2.45) is 0 Å². The van der Waals surface area contributed by atoms with Gasteiger partial charge in [-0.1, -0.05) is 23.7 Å². The topological polar surface area (TPSA) is 79.0 Å². The van der Waals surface area contributed by atoms with Crippen molar-refractivity contribution in [3.8, 4) is 0 Å². The third-order valence-electron chi connectivity index (χ3n) is 5.53. The number of likely N-dealkylation sites (N-methyl/N-ethyl adjacent to an activating group) is 1. The number of ether oxygens (including phenoxy) is 1. The summed E-state index contributed by atoms with van der Waals surface area (Å²) in [5, 5.41) is 3.71. The van der Waals surface area contributed by atoms with E-state index in [9.17, 15) is 14.4 Å². The van der Waals surface area contributed by atoms with E-state index in [4.69, 9.17) is 16.3 Å². The maximum absolute atomic E-state index is 12.4. The van der Waals surface area contributed by atoms with E-state index in [2.05, 4.69) is 5.32 Å². The third-order valence-corrected chi connectivity index (χ3v) is 5.76. The van der Waals surface area contributed by atoms with E-state index in [1.54, 1.807) is 7.05 Å². The van der Waals surface area contributed by atoms with Crippen molar-refractivity contribution in [1.29, 1.82) is 0 Å². The van der Waals surface area contributed by atoms with Crippen LogP contribution in [-0.4, -0.2) is 67.5 Å². The van der Waals surface area contributed by atoms with Crippen LogP contribution in [0.5, 0.6) is 0 Å². The Morgan fingerprint density at radius 1 is 1.29 bits per heavy atom. The average Bonchev–Trinajstić information content (AvgIpc) is 2.93. The molecule has 0 aliphatic carbocycles. The molecule has 0 spiro atoms. The van der Waals surface area contributed by atoms with Gasteiger partial charge in [0.25, 0.3) is 0 Å². The van der Waals surface area contributed by atoms with Gasteiger partial charge in [0.2, 0.25) is 11.8 Å². The fourth-order valence-electron chi connectivity index (χ4n) is 3.79. The average molecular weight is 408 g/mol. The molecule has 2 fully saturated rings. The van der Waals surface area contributed by atoms with Crippen molar-refractivity contribution in [3.63, 3.8) is 0 Å². The number of nitrogens with one attached hydrogen (secondary N) is 1. The highest BCUT2D eigenvalue weighted by Gasteiger charge is 2.35. The summed E-state index contributed by atoms with van der Waals surface area (Å²) >= 11 is 6.17. The van der Waals surface area contributed by atoms with Crippen LogP contribution in [0.25, 0.3) is 0 Å². The quantitative estimate of drug-likeness (QED) is 0.702. The lowest BCUT2D eigenvalue weighted by Crippen LogP contribution is -2.44. The lowest BCUT2D eigenvalue weighted by atomic mass is 9.74. The molecule has 28 heavy (non-hydrogen) atoms. The summed E-state index contributed by atoms with van der Waals surface area (Å²) in [6.07, 6.45) is 2.35. The lowest BCUT2D eigenvalue weighted by molar-refractivity contribution is -0.126. The summed E-state index contributed by atoms with van der Waals surface area (Å²) in [7, 11) is 1.59. The number of amides is 4. The molecule has 4 amide bonds. The molecule has 0 atom stereocenters. The Morgan fingerprint density at radius 3 is 2.68 bits per heavy atom. The first-order valence-electron chi connectivity index (χ1n) is 9.57. The summed E-state index contributed by atoms with van der Waals surface area (Å²) in [5.41, 5.74) is 0.919. The molecule has 2 aliphatic rings. The van der Waals surface area contributed by atoms with Crippen LogP contribution in [0.3, 0.4) is 0 Å². The molecule has 0 saturated carbocycles. The number of nitrogens with zero attached hydrogens (tertiary/aromatic N) is 2. The zero-order chi connectivity index (χ0) is 20.1. The molecule has 7 nitrogen and oxygen atoms in total. The van der Waals surface area contributed by atoms with E-state index in [1.165, 1.54) is 9.80 Å². The number of hydrogen-bond donors (Lipinski definition) is 1. The molecule has 2 aliphatic heterocycles. The molecule has 152 valence electrons. The van der Waals surface area contributed by atoms with Crippen molar-refractivity contribution in [1.82, 2.24) is 15.1 Å². The van der Waals surface area contributed by atoms with Gasteiger partial charge >= 0.3 is 6.03 Å². The first kappa shape index (κ1) is 20.6. The smallest absolute Gasteiger partial charge is 0.326 e. The molecule has 2 saturated heterocycles. The van der Waals surface area contributed by atoms with Gasteiger partial charge in [0.05, 0.1) is 0 Å². The summed E-state index contributed by atoms with van der Waals surface area (Å²) in [6.45, 7) is 2.18. The van der Waals surface area contributed by atoms with Crippen LogP contribution in [0.15, 0.2) is 24.3 Å². The lowest BCUT2D eigenvalue weighted by Gasteiger charge is -2.38. The van der Waals surface area contributed by atoms with E-state index in [0.29, 0.717) is 31.2 Å². The molecule has 0 aromatic heterocycles. The minimum Gasteiger partial charge on any atom is -0.381 e. The van der Waals surface area contributed by atoms with Crippen LogP contribution in [0.4, 0.5) is 4.79 Å². The van der Waals surface area contributed by atoms with Crippen LogP contribution >= 0.6 is 11.6 Å². The SMILES string of the molecule is CN1CC(=O)N(CCCC(=O)NCC2(c3cccc(Cl)c3)CCOCC2)C1=O. The van der Waals surface area contributed by atoms with E-state index >= 15 is 0 Å². The Balaban J connectivity index is 1.53. The van der Waals surface area contributed by atoms with Gasteiger partial charge in [-0.3, -0.25) is 14.5 Å². The summed E-state index contributed by atoms with van der Waals surface area (Å²) < 4.78 is 5.51. The van der Waals surface area contributed by atoms with Crippen LogP contribution in [0, 0.1) is 0 Å². The van der Waals surface area contributed by atoms with Crippen LogP contribution in [0.2, 0.25) is 5.02 Å².